The molecule has 1 aliphatic rings. The van der Waals surface area contributed by atoms with Crippen LogP contribution in [0, 0.1) is 5.92 Å². The van der Waals surface area contributed by atoms with Crippen LogP contribution in [0.3, 0.4) is 0 Å². The summed E-state index contributed by atoms with van der Waals surface area (Å²) < 4.78 is 11.9. The van der Waals surface area contributed by atoms with Crippen LogP contribution in [0.25, 0.3) is 0 Å². The summed E-state index contributed by atoms with van der Waals surface area (Å²) in [7, 11) is -2.89. The predicted octanol–water partition coefficient (Wildman–Crippen LogP) is 4.15. The van der Waals surface area contributed by atoms with E-state index in [0.717, 1.165) is 31.4 Å². The molecule has 0 heterocycles. The molecule has 2 N–H and O–H groups in total. The molecular weight excluding hydrogens is 316 g/mol. The van der Waals surface area contributed by atoms with Gasteiger partial charge in [0.25, 0.3) is 0 Å². The summed E-state index contributed by atoms with van der Waals surface area (Å²) in [5.74, 6) is 0.509. The van der Waals surface area contributed by atoms with Gasteiger partial charge in [0.15, 0.2) is 0 Å². The molecule has 0 saturated heterocycles. The number of nitrogens with one attached hydrogen (secondary N) is 1. The van der Waals surface area contributed by atoms with Crippen molar-refractivity contribution in [2.75, 3.05) is 18.9 Å². The minimum Gasteiger partial charge on any atom is -0.344 e. The highest BCUT2D eigenvalue weighted by atomic mass is 35.5. The van der Waals surface area contributed by atoms with Gasteiger partial charge in [-0.2, -0.15) is 0 Å². The molecule has 1 unspecified atom stereocenters. The average molecular weight is 336 g/mol. The van der Waals surface area contributed by atoms with E-state index in [0.29, 0.717) is 34.8 Å². The maximum absolute atomic E-state index is 11.9. The first kappa shape index (κ1) is 16.3. The molecule has 20 heavy (non-hydrogen) atoms. The zero-order chi connectivity index (χ0) is 14.6. The molecule has 1 saturated carbocycles. The fourth-order valence-corrected chi connectivity index (χ4v) is 4.46. The van der Waals surface area contributed by atoms with Gasteiger partial charge in [-0.15, -0.1) is 0 Å². The molecule has 0 aliphatic heterocycles. The third-order valence-electron chi connectivity index (χ3n) is 3.41. The van der Waals surface area contributed by atoms with Crippen molar-refractivity contribution in [1.82, 2.24) is 5.32 Å². The van der Waals surface area contributed by atoms with Crippen molar-refractivity contribution < 1.29 is 9.46 Å². The number of hydrogen-bond acceptors (Lipinski definition) is 2. The van der Waals surface area contributed by atoms with Crippen LogP contribution in [0.5, 0.6) is 0 Å². The second kappa shape index (κ2) is 7.29. The summed E-state index contributed by atoms with van der Waals surface area (Å²) in [6.45, 7) is 1.42. The van der Waals surface area contributed by atoms with E-state index < -0.39 is 7.37 Å². The van der Waals surface area contributed by atoms with Gasteiger partial charge in [0.2, 0.25) is 7.37 Å². The predicted molar refractivity (Wildman–Crippen MR) is 85.1 cm³/mol. The quantitative estimate of drug-likeness (QED) is 0.554. The van der Waals surface area contributed by atoms with Crippen molar-refractivity contribution in [2.45, 2.75) is 25.8 Å². The van der Waals surface area contributed by atoms with Crippen LogP contribution < -0.4 is 5.32 Å². The van der Waals surface area contributed by atoms with Gasteiger partial charge < -0.3 is 10.2 Å². The molecule has 0 radical (unpaired) electrons. The van der Waals surface area contributed by atoms with Crippen molar-refractivity contribution in [2.24, 2.45) is 5.92 Å². The van der Waals surface area contributed by atoms with E-state index in [4.69, 9.17) is 23.2 Å². The lowest BCUT2D eigenvalue weighted by Crippen LogP contribution is -2.16. The highest BCUT2D eigenvalue weighted by molar-refractivity contribution is 7.58. The van der Waals surface area contributed by atoms with E-state index in [1.807, 2.05) is 12.1 Å². The summed E-state index contributed by atoms with van der Waals surface area (Å²) in [6.07, 6.45) is 3.90. The highest BCUT2D eigenvalue weighted by Crippen LogP contribution is 2.48. The van der Waals surface area contributed by atoms with Crippen molar-refractivity contribution >= 4 is 30.6 Å². The smallest absolute Gasteiger partial charge is 0.200 e. The molecule has 0 amide bonds. The lowest BCUT2D eigenvalue weighted by Gasteiger charge is -2.11. The largest absolute Gasteiger partial charge is 0.344 e. The van der Waals surface area contributed by atoms with Crippen molar-refractivity contribution in [3.8, 4) is 0 Å². The van der Waals surface area contributed by atoms with Gasteiger partial charge in [0, 0.05) is 18.9 Å². The molecular formula is C14H20Cl2NO2P. The first-order valence-electron chi connectivity index (χ1n) is 6.92. The fraction of sp³-hybridized carbons (Fsp3) is 0.571. The first-order chi connectivity index (χ1) is 9.46. The fourth-order valence-electron chi connectivity index (χ4n) is 2.13. The lowest BCUT2D eigenvalue weighted by atomic mass is 10.2. The van der Waals surface area contributed by atoms with Crippen LogP contribution in [0.2, 0.25) is 10.0 Å². The molecule has 0 aromatic heterocycles. The van der Waals surface area contributed by atoms with E-state index >= 15 is 0 Å². The van der Waals surface area contributed by atoms with E-state index in [9.17, 15) is 9.46 Å². The molecule has 3 nitrogen and oxygen atoms in total. The highest BCUT2D eigenvalue weighted by Gasteiger charge is 2.30. The Morgan fingerprint density at radius 3 is 2.70 bits per heavy atom. The van der Waals surface area contributed by atoms with Crippen LogP contribution in [0.15, 0.2) is 18.2 Å². The van der Waals surface area contributed by atoms with Crippen molar-refractivity contribution in [3.05, 3.63) is 33.8 Å². The van der Waals surface area contributed by atoms with E-state index in [1.165, 1.54) is 0 Å². The molecule has 6 heteroatoms. The van der Waals surface area contributed by atoms with Gasteiger partial charge in [0.1, 0.15) is 0 Å². The number of halogens is 2. The molecule has 1 aromatic carbocycles. The van der Waals surface area contributed by atoms with E-state index in [2.05, 4.69) is 5.32 Å². The first-order valence-corrected chi connectivity index (χ1v) is 9.70. The molecule has 2 rings (SSSR count). The Hall–Kier alpha value is -0.0500. The van der Waals surface area contributed by atoms with Crippen LogP contribution in [-0.4, -0.2) is 23.8 Å². The van der Waals surface area contributed by atoms with Crippen LogP contribution in [0.4, 0.5) is 0 Å². The minimum absolute atomic E-state index is 0.415. The normalized spacial score (nSPS) is 17.9. The van der Waals surface area contributed by atoms with Gasteiger partial charge in [-0.1, -0.05) is 29.3 Å². The number of benzene rings is 1. The molecule has 0 spiro atoms. The summed E-state index contributed by atoms with van der Waals surface area (Å²) in [5, 5.41) is 4.36. The van der Waals surface area contributed by atoms with E-state index in [-0.39, 0.29) is 0 Å². The second-order valence-corrected chi connectivity index (χ2v) is 8.79. The number of rotatable bonds is 8. The molecule has 1 fully saturated rings. The van der Waals surface area contributed by atoms with Crippen LogP contribution in [-0.2, 0) is 11.1 Å². The summed E-state index contributed by atoms with van der Waals surface area (Å²) in [4.78, 5) is 9.80. The SMILES string of the molecule is O=P(O)(CCCNCc1ccc(Cl)c(Cl)c1)CC1CC1. The zero-order valence-corrected chi connectivity index (χ0v) is 13.7. The Bertz CT molecular complexity index is 506. The molecule has 1 atom stereocenters. The van der Waals surface area contributed by atoms with Gasteiger partial charge in [0.05, 0.1) is 10.0 Å². The monoisotopic (exact) mass is 335 g/mol. The summed E-state index contributed by atoms with van der Waals surface area (Å²) >= 11 is 11.8. The summed E-state index contributed by atoms with van der Waals surface area (Å²) in [5.41, 5.74) is 1.06. The van der Waals surface area contributed by atoms with Crippen molar-refractivity contribution in [3.63, 3.8) is 0 Å². The average Bonchev–Trinajstić information content (AvgIpc) is 3.16. The molecule has 112 valence electrons. The maximum atomic E-state index is 11.9. The van der Waals surface area contributed by atoms with Crippen molar-refractivity contribution in [1.29, 1.82) is 0 Å². The van der Waals surface area contributed by atoms with E-state index in [1.54, 1.807) is 6.07 Å². The van der Waals surface area contributed by atoms with Gasteiger partial charge in [-0.25, -0.2) is 0 Å². The third-order valence-corrected chi connectivity index (χ3v) is 6.26. The Morgan fingerprint density at radius 1 is 1.30 bits per heavy atom. The van der Waals surface area contributed by atoms with Gasteiger partial charge in [-0.3, -0.25) is 4.57 Å². The minimum atomic E-state index is -2.89. The van der Waals surface area contributed by atoms with Crippen LogP contribution >= 0.6 is 30.6 Å². The number of hydrogen-bond donors (Lipinski definition) is 2. The maximum Gasteiger partial charge on any atom is 0.200 e. The zero-order valence-electron chi connectivity index (χ0n) is 11.3. The Balaban J connectivity index is 1.63. The third kappa shape index (κ3) is 5.75. The Labute approximate surface area is 130 Å². The topological polar surface area (TPSA) is 49.3 Å². The molecule has 1 aliphatic carbocycles. The Morgan fingerprint density at radius 2 is 2.05 bits per heavy atom. The Kier molecular flexibility index (Phi) is 5.95. The van der Waals surface area contributed by atoms with Crippen LogP contribution in [0.1, 0.15) is 24.8 Å². The molecule has 1 aromatic rings. The second-order valence-electron chi connectivity index (χ2n) is 5.47. The van der Waals surface area contributed by atoms with Gasteiger partial charge in [-0.05, 0) is 49.4 Å². The summed E-state index contributed by atoms with van der Waals surface area (Å²) in [6, 6.07) is 5.53. The lowest BCUT2D eigenvalue weighted by molar-refractivity contribution is 0.471. The standard InChI is InChI=1S/C14H20Cl2NO2P/c15-13-5-4-12(8-14(13)16)9-17-6-1-7-20(18,19)10-11-2-3-11/h4-5,8,11,17H,1-3,6-7,9-10H2,(H,18,19). The van der Waals surface area contributed by atoms with Gasteiger partial charge >= 0.3 is 0 Å². The molecule has 0 bridgehead atoms.